The maximum Gasteiger partial charge on any atom is 0.252 e. The smallest absolute Gasteiger partial charge is 0.252 e. The van der Waals surface area contributed by atoms with Crippen molar-refractivity contribution in [3.8, 4) is 0 Å². The molecule has 3 N–H and O–H groups in total. The van der Waals surface area contributed by atoms with Gasteiger partial charge in [0.1, 0.15) is 5.82 Å². The highest BCUT2D eigenvalue weighted by molar-refractivity contribution is 5.95. The number of benzene rings is 2. The number of pyridine rings is 1. The second-order valence-electron chi connectivity index (χ2n) is 7.06. The molecule has 2 heterocycles. The zero-order valence-electron chi connectivity index (χ0n) is 16.6. The molecule has 0 aliphatic rings. The normalized spacial score (nSPS) is 10.7. The number of amides is 1. The number of fused-ring (bicyclic) bond motifs is 1. The van der Waals surface area contributed by atoms with E-state index in [0.717, 1.165) is 17.6 Å². The molecule has 4 rings (SSSR count). The molecule has 0 unspecified atom stereocenters. The predicted octanol–water partition coefficient (Wildman–Crippen LogP) is 4.48. The molecule has 2 aromatic heterocycles. The van der Waals surface area contributed by atoms with Crippen LogP contribution in [-0.2, 0) is 6.42 Å². The molecule has 0 radical (unpaired) electrons. The second kappa shape index (κ2) is 8.61. The summed E-state index contributed by atoms with van der Waals surface area (Å²) in [6.07, 6.45) is 4.27. The zero-order chi connectivity index (χ0) is 20.9. The molecule has 0 spiro atoms. The van der Waals surface area contributed by atoms with Crippen LogP contribution in [0.5, 0.6) is 0 Å². The summed E-state index contributed by atoms with van der Waals surface area (Å²) in [4.78, 5) is 31.5. The molecule has 0 atom stereocenters. The molecule has 0 saturated heterocycles. The Morgan fingerprint density at radius 3 is 2.67 bits per heavy atom. The minimum Gasteiger partial charge on any atom is -0.361 e. The third kappa shape index (κ3) is 4.38. The Labute approximate surface area is 174 Å². The Kier molecular flexibility index (Phi) is 5.57. The van der Waals surface area contributed by atoms with E-state index in [2.05, 4.69) is 26.7 Å². The summed E-state index contributed by atoms with van der Waals surface area (Å²) < 4.78 is 0. The summed E-state index contributed by atoms with van der Waals surface area (Å²) in [6, 6.07) is 18.8. The summed E-state index contributed by atoms with van der Waals surface area (Å²) in [5.41, 5.74) is 4.17. The van der Waals surface area contributed by atoms with Crippen molar-refractivity contribution in [2.24, 2.45) is 0 Å². The number of anilines is 2. The highest BCUT2D eigenvalue weighted by atomic mass is 16.1. The number of Topliss-reactive ketones (excluding diaryl/α,β-unsaturated/α-hetero) is 1. The quantitative estimate of drug-likeness (QED) is 0.401. The van der Waals surface area contributed by atoms with Gasteiger partial charge in [0.2, 0.25) is 0 Å². The van der Waals surface area contributed by atoms with Gasteiger partial charge in [0, 0.05) is 41.1 Å². The van der Waals surface area contributed by atoms with Crippen LogP contribution in [0.2, 0.25) is 0 Å². The highest BCUT2D eigenvalue weighted by Crippen LogP contribution is 2.18. The van der Waals surface area contributed by atoms with Crippen LogP contribution < -0.4 is 10.6 Å². The average molecular weight is 398 g/mol. The van der Waals surface area contributed by atoms with Crippen molar-refractivity contribution in [2.45, 2.75) is 13.3 Å². The number of aromatic nitrogens is 2. The molecule has 2 aromatic carbocycles. The SMILES string of the molecule is CC(=O)c1cccc(Nc2ccc(C(=O)NCCc3c[nH]c4ccccc34)cn2)c1. The topological polar surface area (TPSA) is 86.9 Å². The number of ketones is 1. The van der Waals surface area contributed by atoms with Crippen molar-refractivity contribution in [3.05, 3.63) is 89.7 Å². The van der Waals surface area contributed by atoms with Gasteiger partial charge in [-0.15, -0.1) is 0 Å². The van der Waals surface area contributed by atoms with Crippen molar-refractivity contribution in [2.75, 3.05) is 11.9 Å². The first-order valence-corrected chi connectivity index (χ1v) is 9.77. The number of nitrogens with zero attached hydrogens (tertiary/aromatic N) is 1. The van der Waals surface area contributed by atoms with E-state index >= 15 is 0 Å². The Morgan fingerprint density at radius 2 is 1.87 bits per heavy atom. The molecule has 0 saturated carbocycles. The van der Waals surface area contributed by atoms with Crippen molar-refractivity contribution in [1.82, 2.24) is 15.3 Å². The summed E-state index contributed by atoms with van der Waals surface area (Å²) >= 11 is 0. The summed E-state index contributed by atoms with van der Waals surface area (Å²) in [5.74, 6) is 0.449. The molecular formula is C24H22N4O2. The van der Waals surface area contributed by atoms with Crippen LogP contribution in [0.25, 0.3) is 10.9 Å². The first-order chi connectivity index (χ1) is 14.6. The molecule has 6 heteroatoms. The van der Waals surface area contributed by atoms with E-state index in [1.165, 1.54) is 24.1 Å². The van der Waals surface area contributed by atoms with Crippen LogP contribution in [-0.4, -0.2) is 28.2 Å². The van der Waals surface area contributed by atoms with Crippen molar-refractivity contribution >= 4 is 34.1 Å². The largest absolute Gasteiger partial charge is 0.361 e. The number of carbonyl (C=O) groups is 2. The molecule has 30 heavy (non-hydrogen) atoms. The van der Waals surface area contributed by atoms with Gasteiger partial charge in [-0.05, 0) is 49.2 Å². The van der Waals surface area contributed by atoms with Gasteiger partial charge < -0.3 is 15.6 Å². The highest BCUT2D eigenvalue weighted by Gasteiger charge is 2.08. The van der Waals surface area contributed by atoms with E-state index in [1.54, 1.807) is 24.3 Å². The number of para-hydroxylation sites is 1. The third-order valence-electron chi connectivity index (χ3n) is 4.92. The number of carbonyl (C=O) groups excluding carboxylic acids is 2. The van der Waals surface area contributed by atoms with Gasteiger partial charge in [-0.3, -0.25) is 9.59 Å². The molecule has 6 nitrogen and oxygen atoms in total. The van der Waals surface area contributed by atoms with Crippen molar-refractivity contribution in [3.63, 3.8) is 0 Å². The Morgan fingerprint density at radius 1 is 1.00 bits per heavy atom. The van der Waals surface area contributed by atoms with Gasteiger partial charge in [-0.1, -0.05) is 30.3 Å². The fourth-order valence-electron chi connectivity index (χ4n) is 3.32. The summed E-state index contributed by atoms with van der Waals surface area (Å²) in [5, 5.41) is 7.26. The number of hydrogen-bond acceptors (Lipinski definition) is 4. The lowest BCUT2D eigenvalue weighted by molar-refractivity contribution is 0.0952. The standard InChI is InChI=1S/C24H22N4O2/c1-16(29)17-5-4-6-20(13-17)28-23-10-9-19(15-27-23)24(30)25-12-11-18-14-26-22-8-3-2-7-21(18)22/h2-10,13-15,26H,11-12H2,1H3,(H,25,30)(H,27,28). The van der Waals surface area contributed by atoms with Gasteiger partial charge >= 0.3 is 0 Å². The van der Waals surface area contributed by atoms with E-state index < -0.39 is 0 Å². The summed E-state index contributed by atoms with van der Waals surface area (Å²) in [7, 11) is 0. The summed E-state index contributed by atoms with van der Waals surface area (Å²) in [6.45, 7) is 2.07. The van der Waals surface area contributed by atoms with Gasteiger partial charge in [-0.25, -0.2) is 4.98 Å². The van der Waals surface area contributed by atoms with E-state index in [0.29, 0.717) is 23.5 Å². The third-order valence-corrected chi connectivity index (χ3v) is 4.92. The van der Waals surface area contributed by atoms with E-state index in [-0.39, 0.29) is 11.7 Å². The first-order valence-electron chi connectivity index (χ1n) is 9.77. The Hall–Kier alpha value is -3.93. The second-order valence-corrected chi connectivity index (χ2v) is 7.06. The average Bonchev–Trinajstić information content (AvgIpc) is 3.17. The Bertz CT molecular complexity index is 1200. The lowest BCUT2D eigenvalue weighted by atomic mass is 10.1. The fraction of sp³-hybridized carbons (Fsp3) is 0.125. The number of H-pyrrole nitrogens is 1. The van der Waals surface area contributed by atoms with Gasteiger partial charge in [-0.2, -0.15) is 0 Å². The molecular weight excluding hydrogens is 376 g/mol. The van der Waals surface area contributed by atoms with Crippen LogP contribution in [0, 0.1) is 0 Å². The number of aromatic amines is 1. The minimum atomic E-state index is -0.160. The maximum atomic E-state index is 12.4. The molecule has 0 aliphatic heterocycles. The van der Waals surface area contributed by atoms with Gasteiger partial charge in [0.25, 0.3) is 5.91 Å². The molecule has 4 aromatic rings. The maximum absolute atomic E-state index is 12.4. The number of hydrogen-bond donors (Lipinski definition) is 3. The van der Waals surface area contributed by atoms with Gasteiger partial charge in [0.05, 0.1) is 5.56 Å². The monoisotopic (exact) mass is 398 g/mol. The molecule has 0 fully saturated rings. The van der Waals surface area contributed by atoms with Crippen LogP contribution in [0.15, 0.2) is 73.1 Å². The van der Waals surface area contributed by atoms with E-state index in [1.807, 2.05) is 36.5 Å². The fourth-order valence-corrected chi connectivity index (χ4v) is 3.32. The molecule has 0 bridgehead atoms. The van der Waals surface area contributed by atoms with E-state index in [9.17, 15) is 9.59 Å². The van der Waals surface area contributed by atoms with Crippen LogP contribution in [0.1, 0.15) is 33.2 Å². The van der Waals surface area contributed by atoms with Crippen molar-refractivity contribution in [1.29, 1.82) is 0 Å². The Balaban J connectivity index is 1.34. The first kappa shape index (κ1) is 19.4. The number of nitrogens with one attached hydrogen (secondary N) is 3. The predicted molar refractivity (Wildman–Crippen MR) is 118 cm³/mol. The van der Waals surface area contributed by atoms with Crippen LogP contribution in [0.3, 0.4) is 0 Å². The van der Waals surface area contributed by atoms with Crippen LogP contribution >= 0.6 is 0 Å². The minimum absolute atomic E-state index is 0.00580. The van der Waals surface area contributed by atoms with Gasteiger partial charge in [0.15, 0.2) is 5.78 Å². The van der Waals surface area contributed by atoms with Crippen molar-refractivity contribution < 1.29 is 9.59 Å². The lowest BCUT2D eigenvalue weighted by Gasteiger charge is -2.08. The molecule has 1 amide bonds. The zero-order valence-corrected chi connectivity index (χ0v) is 16.6. The lowest BCUT2D eigenvalue weighted by Crippen LogP contribution is -2.25. The molecule has 0 aliphatic carbocycles. The number of rotatable bonds is 7. The van der Waals surface area contributed by atoms with E-state index in [4.69, 9.17) is 0 Å². The molecule has 150 valence electrons. The van der Waals surface area contributed by atoms with Crippen LogP contribution in [0.4, 0.5) is 11.5 Å².